The Balaban J connectivity index is 1.95. The summed E-state index contributed by atoms with van der Waals surface area (Å²) in [7, 11) is 1.80. The van der Waals surface area contributed by atoms with E-state index in [-0.39, 0.29) is 18.6 Å². The normalized spacial score (nSPS) is 19.0. The van der Waals surface area contributed by atoms with Gasteiger partial charge in [0.2, 0.25) is 0 Å². The third kappa shape index (κ3) is 2.45. The molecule has 1 fully saturated rings. The van der Waals surface area contributed by atoms with Gasteiger partial charge in [0.15, 0.2) is 0 Å². The minimum absolute atomic E-state index is 0.106. The lowest BCUT2D eigenvalue weighted by Crippen LogP contribution is -2.50. The number of hydrogen-bond donors (Lipinski definition) is 1. The van der Waals surface area contributed by atoms with Crippen molar-refractivity contribution >= 4 is 5.91 Å². The first kappa shape index (κ1) is 13.8. The van der Waals surface area contributed by atoms with Crippen LogP contribution in [0.4, 0.5) is 0 Å². The van der Waals surface area contributed by atoms with E-state index < -0.39 is 0 Å². The molecule has 2 aromatic heterocycles. The summed E-state index contributed by atoms with van der Waals surface area (Å²) in [6.07, 6.45) is 5.31. The molecule has 21 heavy (non-hydrogen) atoms. The maximum absolute atomic E-state index is 12.8. The first-order valence-corrected chi connectivity index (χ1v) is 6.87. The number of rotatable bonds is 3. The zero-order chi connectivity index (χ0) is 14.8. The van der Waals surface area contributed by atoms with Crippen LogP contribution in [0.25, 0.3) is 5.82 Å². The zero-order valence-electron chi connectivity index (χ0n) is 11.8. The SMILES string of the molecule is Cn1ncc(C(=O)N2CCOCC2CO)c1-n1cccc1. The fourth-order valence-electron chi connectivity index (χ4n) is 2.59. The van der Waals surface area contributed by atoms with E-state index in [1.807, 2.05) is 29.1 Å². The molecule has 1 saturated heterocycles. The Morgan fingerprint density at radius 3 is 2.95 bits per heavy atom. The summed E-state index contributed by atoms with van der Waals surface area (Å²) in [6, 6.07) is 3.49. The number of amides is 1. The van der Waals surface area contributed by atoms with Gasteiger partial charge < -0.3 is 19.3 Å². The van der Waals surface area contributed by atoms with E-state index in [4.69, 9.17) is 4.74 Å². The van der Waals surface area contributed by atoms with E-state index in [1.165, 1.54) is 0 Å². The summed E-state index contributed by atoms with van der Waals surface area (Å²) in [4.78, 5) is 14.5. The van der Waals surface area contributed by atoms with Crippen LogP contribution in [0.3, 0.4) is 0 Å². The standard InChI is InChI=1S/C14H18N4O3/c1-16-13(17-4-2-3-5-17)12(8-15-16)14(20)18-6-7-21-10-11(18)9-19/h2-5,8,11,19H,6-7,9-10H2,1H3. The minimum atomic E-state index is -0.302. The molecule has 0 aromatic carbocycles. The van der Waals surface area contributed by atoms with Gasteiger partial charge in [-0.05, 0) is 12.1 Å². The Morgan fingerprint density at radius 1 is 1.48 bits per heavy atom. The summed E-state index contributed by atoms with van der Waals surface area (Å²) in [5.41, 5.74) is 0.522. The number of carbonyl (C=O) groups is 1. The highest BCUT2D eigenvalue weighted by Crippen LogP contribution is 2.19. The van der Waals surface area contributed by atoms with E-state index in [0.29, 0.717) is 31.1 Å². The number of hydrogen-bond acceptors (Lipinski definition) is 4. The van der Waals surface area contributed by atoms with Crippen LogP contribution in [0.15, 0.2) is 30.7 Å². The predicted octanol–water partition coefficient (Wildman–Crippen LogP) is 0.0441. The van der Waals surface area contributed by atoms with E-state index in [0.717, 1.165) is 0 Å². The zero-order valence-corrected chi connectivity index (χ0v) is 11.8. The molecule has 1 N–H and O–H groups in total. The second-order valence-corrected chi connectivity index (χ2v) is 5.01. The molecular formula is C14H18N4O3. The molecule has 1 amide bonds. The van der Waals surface area contributed by atoms with Gasteiger partial charge in [-0.2, -0.15) is 5.10 Å². The Hall–Kier alpha value is -2.12. The van der Waals surface area contributed by atoms with Crippen molar-refractivity contribution in [1.29, 1.82) is 0 Å². The maximum atomic E-state index is 12.8. The second-order valence-electron chi connectivity index (χ2n) is 5.01. The van der Waals surface area contributed by atoms with Crippen molar-refractivity contribution in [2.45, 2.75) is 6.04 Å². The summed E-state index contributed by atoms with van der Waals surface area (Å²) in [6.45, 7) is 1.22. The van der Waals surface area contributed by atoms with Crippen molar-refractivity contribution in [3.63, 3.8) is 0 Å². The van der Waals surface area contributed by atoms with Crippen molar-refractivity contribution < 1.29 is 14.6 Å². The van der Waals surface area contributed by atoms with E-state index >= 15 is 0 Å². The monoisotopic (exact) mass is 290 g/mol. The Bertz CT molecular complexity index is 620. The van der Waals surface area contributed by atoms with E-state index in [9.17, 15) is 9.90 Å². The van der Waals surface area contributed by atoms with E-state index in [1.54, 1.807) is 22.8 Å². The Kier molecular flexibility index (Phi) is 3.76. The lowest BCUT2D eigenvalue weighted by Gasteiger charge is -2.34. The van der Waals surface area contributed by atoms with Crippen LogP contribution < -0.4 is 0 Å². The topological polar surface area (TPSA) is 72.5 Å². The van der Waals surface area contributed by atoms with Gasteiger partial charge in [0.05, 0.1) is 32.1 Å². The number of morpholine rings is 1. The number of ether oxygens (including phenoxy) is 1. The molecule has 0 spiro atoms. The third-order valence-corrected chi connectivity index (χ3v) is 3.69. The molecule has 1 unspecified atom stereocenters. The van der Waals surface area contributed by atoms with Gasteiger partial charge in [0.25, 0.3) is 5.91 Å². The molecule has 3 rings (SSSR count). The number of aromatic nitrogens is 3. The number of aryl methyl sites for hydroxylation is 1. The van der Waals surface area contributed by atoms with Crippen molar-refractivity contribution in [2.75, 3.05) is 26.4 Å². The smallest absolute Gasteiger partial charge is 0.259 e. The van der Waals surface area contributed by atoms with Crippen LogP contribution >= 0.6 is 0 Å². The molecule has 0 aliphatic carbocycles. The van der Waals surface area contributed by atoms with Gasteiger partial charge >= 0.3 is 0 Å². The van der Waals surface area contributed by atoms with Crippen LogP contribution in [-0.2, 0) is 11.8 Å². The first-order valence-electron chi connectivity index (χ1n) is 6.87. The third-order valence-electron chi connectivity index (χ3n) is 3.69. The predicted molar refractivity (Wildman–Crippen MR) is 75.3 cm³/mol. The van der Waals surface area contributed by atoms with Gasteiger partial charge in [-0.3, -0.25) is 9.48 Å². The van der Waals surface area contributed by atoms with Gasteiger partial charge in [-0.25, -0.2) is 0 Å². The maximum Gasteiger partial charge on any atom is 0.259 e. The van der Waals surface area contributed by atoms with Crippen LogP contribution in [0.5, 0.6) is 0 Å². The highest BCUT2D eigenvalue weighted by atomic mass is 16.5. The molecule has 0 saturated carbocycles. The van der Waals surface area contributed by atoms with Gasteiger partial charge in [0, 0.05) is 26.0 Å². The van der Waals surface area contributed by atoms with Crippen LogP contribution in [0, 0.1) is 0 Å². The average Bonchev–Trinajstić information content (AvgIpc) is 3.15. The van der Waals surface area contributed by atoms with Gasteiger partial charge in [0.1, 0.15) is 11.4 Å². The van der Waals surface area contributed by atoms with Crippen molar-refractivity contribution in [3.05, 3.63) is 36.3 Å². The van der Waals surface area contributed by atoms with Crippen LogP contribution in [0.2, 0.25) is 0 Å². The number of aliphatic hydroxyl groups excluding tert-OH is 1. The van der Waals surface area contributed by atoms with E-state index in [2.05, 4.69) is 5.10 Å². The average molecular weight is 290 g/mol. The molecule has 112 valence electrons. The summed E-state index contributed by atoms with van der Waals surface area (Å²) < 4.78 is 8.84. The molecule has 0 radical (unpaired) electrons. The number of aliphatic hydroxyl groups is 1. The Morgan fingerprint density at radius 2 is 2.24 bits per heavy atom. The summed E-state index contributed by atoms with van der Waals surface area (Å²) >= 11 is 0. The summed E-state index contributed by atoms with van der Waals surface area (Å²) in [5, 5.41) is 13.6. The molecule has 7 heteroatoms. The van der Waals surface area contributed by atoms with Crippen LogP contribution in [-0.4, -0.2) is 62.7 Å². The molecule has 1 aliphatic heterocycles. The van der Waals surface area contributed by atoms with Crippen molar-refractivity contribution in [3.8, 4) is 5.82 Å². The van der Waals surface area contributed by atoms with Crippen molar-refractivity contribution in [2.24, 2.45) is 7.05 Å². The molecular weight excluding hydrogens is 272 g/mol. The van der Waals surface area contributed by atoms with Crippen molar-refractivity contribution in [1.82, 2.24) is 19.2 Å². The lowest BCUT2D eigenvalue weighted by molar-refractivity contribution is -0.0183. The van der Waals surface area contributed by atoms with Crippen LogP contribution in [0.1, 0.15) is 10.4 Å². The molecule has 7 nitrogen and oxygen atoms in total. The van der Waals surface area contributed by atoms with Gasteiger partial charge in [-0.1, -0.05) is 0 Å². The highest BCUT2D eigenvalue weighted by Gasteiger charge is 2.30. The number of nitrogens with zero attached hydrogens (tertiary/aromatic N) is 4. The fraction of sp³-hybridized carbons (Fsp3) is 0.429. The quantitative estimate of drug-likeness (QED) is 0.866. The molecule has 3 heterocycles. The van der Waals surface area contributed by atoms with Gasteiger partial charge in [-0.15, -0.1) is 0 Å². The lowest BCUT2D eigenvalue weighted by atomic mass is 10.2. The fourth-order valence-corrected chi connectivity index (χ4v) is 2.59. The minimum Gasteiger partial charge on any atom is -0.394 e. The molecule has 1 aliphatic rings. The molecule has 2 aromatic rings. The Labute approximate surface area is 122 Å². The first-order chi connectivity index (χ1) is 10.2. The molecule has 1 atom stereocenters. The summed E-state index contributed by atoms with van der Waals surface area (Å²) in [5.74, 6) is 0.585. The highest BCUT2D eigenvalue weighted by molar-refractivity contribution is 5.97. The number of carbonyl (C=O) groups excluding carboxylic acids is 1. The molecule has 0 bridgehead atoms. The second kappa shape index (κ2) is 5.71. The largest absolute Gasteiger partial charge is 0.394 e.